The third-order valence-corrected chi connectivity index (χ3v) is 5.15. The highest BCUT2D eigenvalue weighted by molar-refractivity contribution is 7.16. The van der Waals surface area contributed by atoms with Gasteiger partial charge in [-0.15, -0.1) is 11.3 Å². The number of fused-ring (bicyclic) bond motifs is 1. The number of anilines is 1. The maximum absolute atomic E-state index is 9.33. The second-order valence-electron chi connectivity index (χ2n) is 6.16. The predicted molar refractivity (Wildman–Crippen MR) is 78.2 cm³/mol. The van der Waals surface area contributed by atoms with E-state index in [2.05, 4.69) is 39.1 Å². The van der Waals surface area contributed by atoms with E-state index in [0.29, 0.717) is 5.41 Å². The molecular weight excluding hydrogens is 240 g/mol. The standard InChI is InChI=1S/C15H22N2S/c1-5-17-14-12(9-16)11-7-6-10(15(2,3)4)8-13(11)18-14/h10,17H,5-8H2,1-4H3/t10-/m1/s1. The van der Waals surface area contributed by atoms with Crippen molar-refractivity contribution in [3.63, 3.8) is 0 Å². The van der Waals surface area contributed by atoms with Crippen molar-refractivity contribution in [2.75, 3.05) is 11.9 Å². The summed E-state index contributed by atoms with van der Waals surface area (Å²) in [6.45, 7) is 9.95. The van der Waals surface area contributed by atoms with Gasteiger partial charge in [0.25, 0.3) is 0 Å². The van der Waals surface area contributed by atoms with Crippen molar-refractivity contribution in [3.8, 4) is 6.07 Å². The fourth-order valence-corrected chi connectivity index (χ4v) is 4.07. The predicted octanol–water partition coefficient (Wildman–Crippen LogP) is 4.20. The van der Waals surface area contributed by atoms with Crippen molar-refractivity contribution in [2.45, 2.75) is 47.0 Å². The molecule has 0 unspecified atom stereocenters. The quantitative estimate of drug-likeness (QED) is 0.867. The van der Waals surface area contributed by atoms with Crippen molar-refractivity contribution in [2.24, 2.45) is 11.3 Å². The first-order valence-corrected chi connectivity index (χ1v) is 7.57. The van der Waals surface area contributed by atoms with Gasteiger partial charge in [-0.1, -0.05) is 20.8 Å². The zero-order valence-electron chi connectivity index (χ0n) is 11.8. The monoisotopic (exact) mass is 262 g/mol. The minimum Gasteiger partial charge on any atom is -0.376 e. The molecule has 0 amide bonds. The first-order chi connectivity index (χ1) is 8.47. The van der Waals surface area contributed by atoms with Gasteiger partial charge in [0.05, 0.1) is 5.56 Å². The molecule has 0 bridgehead atoms. The Hall–Kier alpha value is -1.01. The number of hydrogen-bond donors (Lipinski definition) is 1. The molecule has 0 spiro atoms. The largest absolute Gasteiger partial charge is 0.376 e. The fourth-order valence-electron chi connectivity index (χ4n) is 2.73. The number of thiophene rings is 1. The van der Waals surface area contributed by atoms with Gasteiger partial charge in [-0.3, -0.25) is 0 Å². The molecule has 1 N–H and O–H groups in total. The number of nitriles is 1. The molecule has 0 saturated heterocycles. The molecule has 98 valence electrons. The van der Waals surface area contributed by atoms with E-state index in [9.17, 15) is 5.26 Å². The lowest BCUT2D eigenvalue weighted by atomic mass is 9.72. The lowest BCUT2D eigenvalue weighted by Gasteiger charge is -2.33. The topological polar surface area (TPSA) is 35.8 Å². The second-order valence-corrected chi connectivity index (χ2v) is 7.26. The normalized spacial score (nSPS) is 19.2. The Bertz CT molecular complexity index is 474. The van der Waals surface area contributed by atoms with Gasteiger partial charge in [0.15, 0.2) is 0 Å². The van der Waals surface area contributed by atoms with Crippen molar-refractivity contribution in [1.82, 2.24) is 0 Å². The zero-order chi connectivity index (χ0) is 13.3. The van der Waals surface area contributed by atoms with Crippen LogP contribution in [0.25, 0.3) is 0 Å². The second kappa shape index (κ2) is 4.93. The van der Waals surface area contributed by atoms with Crippen molar-refractivity contribution >= 4 is 16.3 Å². The highest BCUT2D eigenvalue weighted by atomic mass is 32.1. The lowest BCUT2D eigenvalue weighted by Crippen LogP contribution is -2.26. The summed E-state index contributed by atoms with van der Waals surface area (Å²) >= 11 is 1.80. The van der Waals surface area contributed by atoms with Crippen LogP contribution in [0.4, 0.5) is 5.00 Å². The molecule has 2 rings (SSSR count). The third-order valence-electron chi connectivity index (χ3n) is 3.94. The van der Waals surface area contributed by atoms with Crippen molar-refractivity contribution in [1.29, 1.82) is 5.26 Å². The van der Waals surface area contributed by atoms with Crippen LogP contribution in [0.3, 0.4) is 0 Å². The highest BCUT2D eigenvalue weighted by Crippen LogP contribution is 2.43. The molecular formula is C15H22N2S. The van der Waals surface area contributed by atoms with Gasteiger partial charge >= 0.3 is 0 Å². The molecule has 0 radical (unpaired) electrons. The lowest BCUT2D eigenvalue weighted by molar-refractivity contribution is 0.218. The maximum atomic E-state index is 9.33. The summed E-state index contributed by atoms with van der Waals surface area (Å²) in [7, 11) is 0. The highest BCUT2D eigenvalue weighted by Gasteiger charge is 2.31. The van der Waals surface area contributed by atoms with Gasteiger partial charge in [-0.05, 0) is 43.1 Å². The van der Waals surface area contributed by atoms with Gasteiger partial charge in [0.2, 0.25) is 0 Å². The van der Waals surface area contributed by atoms with Crippen LogP contribution >= 0.6 is 11.3 Å². The molecule has 1 heterocycles. The van der Waals surface area contributed by atoms with Crippen molar-refractivity contribution in [3.05, 3.63) is 16.0 Å². The minimum absolute atomic E-state index is 0.368. The van der Waals surface area contributed by atoms with Crippen molar-refractivity contribution < 1.29 is 0 Å². The van der Waals surface area contributed by atoms with E-state index < -0.39 is 0 Å². The number of hydrogen-bond acceptors (Lipinski definition) is 3. The van der Waals surface area contributed by atoms with E-state index in [4.69, 9.17) is 0 Å². The fraction of sp³-hybridized carbons (Fsp3) is 0.667. The average molecular weight is 262 g/mol. The Morgan fingerprint density at radius 1 is 1.44 bits per heavy atom. The summed E-state index contributed by atoms with van der Waals surface area (Å²) < 4.78 is 0. The molecule has 0 saturated carbocycles. The summed E-state index contributed by atoms with van der Waals surface area (Å²) in [5.41, 5.74) is 2.59. The van der Waals surface area contributed by atoms with E-state index in [1.807, 2.05) is 0 Å². The molecule has 1 aromatic heterocycles. The molecule has 1 aromatic rings. The molecule has 3 heteroatoms. The number of nitrogens with one attached hydrogen (secondary N) is 1. The molecule has 0 fully saturated rings. The van der Waals surface area contributed by atoms with Gasteiger partial charge in [0.1, 0.15) is 11.1 Å². The molecule has 1 atom stereocenters. The molecule has 2 nitrogen and oxygen atoms in total. The first kappa shape index (κ1) is 13.4. The number of nitrogens with zero attached hydrogens (tertiary/aromatic N) is 1. The Kier molecular flexibility index (Phi) is 3.68. The van der Waals surface area contributed by atoms with Gasteiger partial charge in [-0.2, -0.15) is 5.26 Å². The summed E-state index contributed by atoms with van der Waals surface area (Å²) in [6, 6.07) is 2.39. The van der Waals surface area contributed by atoms with E-state index >= 15 is 0 Å². The zero-order valence-corrected chi connectivity index (χ0v) is 12.6. The first-order valence-electron chi connectivity index (χ1n) is 6.75. The third kappa shape index (κ3) is 2.40. The van der Waals surface area contributed by atoms with Crippen LogP contribution in [0.1, 0.15) is 50.1 Å². The molecule has 0 aromatic carbocycles. The maximum Gasteiger partial charge on any atom is 0.107 e. The summed E-state index contributed by atoms with van der Waals surface area (Å²) in [6.07, 6.45) is 3.43. The molecule has 1 aliphatic carbocycles. The Labute approximate surface area is 114 Å². The van der Waals surface area contributed by atoms with E-state index in [1.54, 1.807) is 11.3 Å². The van der Waals surface area contributed by atoms with E-state index in [0.717, 1.165) is 35.9 Å². The molecule has 0 aliphatic heterocycles. The van der Waals surface area contributed by atoms with Crippen LogP contribution in [0, 0.1) is 22.7 Å². The van der Waals surface area contributed by atoms with E-state index in [-0.39, 0.29) is 0 Å². The molecule has 18 heavy (non-hydrogen) atoms. The minimum atomic E-state index is 0.368. The summed E-state index contributed by atoms with van der Waals surface area (Å²) in [4.78, 5) is 1.44. The SMILES string of the molecule is CCNc1sc2c(c1C#N)CC[C@@H](C(C)(C)C)C2. The van der Waals surface area contributed by atoms with Crippen LogP contribution < -0.4 is 5.32 Å². The van der Waals surface area contributed by atoms with Crippen LogP contribution in [-0.2, 0) is 12.8 Å². The van der Waals surface area contributed by atoms with E-state index in [1.165, 1.54) is 16.9 Å². The van der Waals surface area contributed by atoms with Gasteiger partial charge < -0.3 is 5.32 Å². The Balaban J connectivity index is 2.32. The Morgan fingerprint density at radius 3 is 2.72 bits per heavy atom. The van der Waals surface area contributed by atoms with Gasteiger partial charge in [0, 0.05) is 11.4 Å². The van der Waals surface area contributed by atoms with Crippen LogP contribution in [-0.4, -0.2) is 6.54 Å². The number of rotatable bonds is 2. The van der Waals surface area contributed by atoms with Crippen LogP contribution in [0.15, 0.2) is 0 Å². The molecule has 1 aliphatic rings. The average Bonchev–Trinajstić information content (AvgIpc) is 2.64. The summed E-state index contributed by atoms with van der Waals surface area (Å²) in [5.74, 6) is 0.740. The Morgan fingerprint density at radius 2 is 2.17 bits per heavy atom. The van der Waals surface area contributed by atoms with Gasteiger partial charge in [-0.25, -0.2) is 0 Å². The van der Waals surface area contributed by atoms with Crippen LogP contribution in [0.5, 0.6) is 0 Å². The summed E-state index contributed by atoms with van der Waals surface area (Å²) in [5, 5.41) is 13.7. The smallest absolute Gasteiger partial charge is 0.107 e. The van der Waals surface area contributed by atoms with Crippen LogP contribution in [0.2, 0.25) is 0 Å².